The molecule has 3 heterocycles. The monoisotopic (exact) mass is 362 g/mol. The van der Waals surface area contributed by atoms with Crippen molar-refractivity contribution in [3.8, 4) is 0 Å². The number of amidine groups is 1. The normalized spacial score (nSPS) is 19.8. The summed E-state index contributed by atoms with van der Waals surface area (Å²) in [6.07, 6.45) is 1.54. The number of carbonyl (C=O) groups excluding carboxylic acids is 2. The molecule has 1 atom stereocenters. The maximum atomic E-state index is 12.4. The van der Waals surface area contributed by atoms with Crippen molar-refractivity contribution in [1.82, 2.24) is 4.90 Å². The van der Waals surface area contributed by atoms with E-state index in [4.69, 9.17) is 13.9 Å². The Hall–Kier alpha value is -2.48. The number of ether oxygens (including phenoxy) is 2. The second kappa shape index (κ2) is 6.79. The SMILES string of the molecule is CCOC(=O)C1=C(C)N2C(=NC(C)=C(C(=O)OC)C2c2ccco2)S1. The highest BCUT2D eigenvalue weighted by molar-refractivity contribution is 8.18. The number of allylic oxidation sites excluding steroid dienone is 2. The number of carbonyl (C=O) groups is 2. The second-order valence-electron chi connectivity index (χ2n) is 5.41. The minimum Gasteiger partial charge on any atom is -0.467 e. The van der Waals surface area contributed by atoms with E-state index < -0.39 is 18.0 Å². The van der Waals surface area contributed by atoms with Gasteiger partial charge in [0.1, 0.15) is 16.7 Å². The van der Waals surface area contributed by atoms with Gasteiger partial charge in [0.15, 0.2) is 5.17 Å². The largest absolute Gasteiger partial charge is 0.467 e. The van der Waals surface area contributed by atoms with Crippen LogP contribution in [0.4, 0.5) is 0 Å². The number of esters is 2. The Morgan fingerprint density at radius 3 is 2.72 bits per heavy atom. The van der Waals surface area contributed by atoms with Crippen LogP contribution in [0.3, 0.4) is 0 Å². The standard InChI is InChI=1S/C17H18N2O5S/c1-5-23-16(21)14-10(3)19-13(11-7-6-8-24-11)12(15(20)22-4)9(2)18-17(19)25-14/h6-8,13H,5H2,1-4H3. The van der Waals surface area contributed by atoms with E-state index in [1.54, 1.807) is 39.2 Å². The zero-order chi connectivity index (χ0) is 18.1. The molecule has 1 aromatic rings. The molecule has 1 aromatic heterocycles. The van der Waals surface area contributed by atoms with Crippen LogP contribution in [0.2, 0.25) is 0 Å². The summed E-state index contributed by atoms with van der Waals surface area (Å²) in [5, 5.41) is 0.604. The predicted molar refractivity (Wildman–Crippen MR) is 92.4 cm³/mol. The first kappa shape index (κ1) is 17.3. The van der Waals surface area contributed by atoms with E-state index in [1.165, 1.54) is 18.9 Å². The highest BCUT2D eigenvalue weighted by atomic mass is 32.2. The van der Waals surface area contributed by atoms with Gasteiger partial charge in [-0.1, -0.05) is 0 Å². The number of nitrogens with zero attached hydrogens (tertiary/aromatic N) is 2. The van der Waals surface area contributed by atoms with E-state index in [0.717, 1.165) is 0 Å². The molecule has 8 heteroatoms. The minimum absolute atomic E-state index is 0.287. The number of hydrogen-bond acceptors (Lipinski definition) is 8. The number of hydrogen-bond donors (Lipinski definition) is 0. The van der Waals surface area contributed by atoms with E-state index >= 15 is 0 Å². The molecule has 0 spiro atoms. The lowest BCUT2D eigenvalue weighted by atomic mass is 9.99. The molecule has 132 valence electrons. The first-order chi connectivity index (χ1) is 12.0. The maximum absolute atomic E-state index is 12.4. The van der Waals surface area contributed by atoms with Crippen LogP contribution in [-0.2, 0) is 19.1 Å². The van der Waals surface area contributed by atoms with Crippen molar-refractivity contribution in [2.45, 2.75) is 26.8 Å². The van der Waals surface area contributed by atoms with Crippen molar-refractivity contribution in [3.05, 3.63) is 46.0 Å². The Balaban J connectivity index is 2.12. The Bertz CT molecular complexity index is 807. The third kappa shape index (κ3) is 2.86. The number of rotatable bonds is 4. The number of aliphatic imine (C=N–C) groups is 1. The summed E-state index contributed by atoms with van der Waals surface area (Å²) in [5.74, 6) is -0.321. The van der Waals surface area contributed by atoms with Gasteiger partial charge in [0.2, 0.25) is 0 Å². The van der Waals surface area contributed by atoms with Crippen molar-refractivity contribution in [1.29, 1.82) is 0 Å². The van der Waals surface area contributed by atoms with Gasteiger partial charge in [-0.05, 0) is 44.7 Å². The van der Waals surface area contributed by atoms with E-state index in [1.807, 2.05) is 4.90 Å². The summed E-state index contributed by atoms with van der Waals surface area (Å²) in [7, 11) is 1.33. The zero-order valence-corrected chi connectivity index (χ0v) is 15.2. The van der Waals surface area contributed by atoms with Crippen molar-refractivity contribution in [3.63, 3.8) is 0 Å². The van der Waals surface area contributed by atoms with E-state index in [9.17, 15) is 9.59 Å². The molecule has 0 bridgehead atoms. The van der Waals surface area contributed by atoms with Gasteiger partial charge in [0.25, 0.3) is 0 Å². The molecule has 0 radical (unpaired) electrons. The summed E-state index contributed by atoms with van der Waals surface area (Å²) in [6, 6.07) is 2.98. The number of fused-ring (bicyclic) bond motifs is 1. The zero-order valence-electron chi connectivity index (χ0n) is 14.4. The molecule has 2 aliphatic heterocycles. The van der Waals surface area contributed by atoms with Crippen molar-refractivity contribution in [2.75, 3.05) is 13.7 Å². The Morgan fingerprint density at radius 2 is 2.12 bits per heavy atom. The molecule has 0 saturated heterocycles. The molecule has 3 rings (SSSR count). The van der Waals surface area contributed by atoms with Gasteiger partial charge in [0, 0.05) is 5.70 Å². The van der Waals surface area contributed by atoms with Gasteiger partial charge in [0.05, 0.1) is 31.2 Å². The quantitative estimate of drug-likeness (QED) is 0.762. The lowest BCUT2D eigenvalue weighted by Gasteiger charge is -2.33. The average Bonchev–Trinajstić information content (AvgIpc) is 3.22. The van der Waals surface area contributed by atoms with Crippen LogP contribution in [0.15, 0.2) is 49.7 Å². The van der Waals surface area contributed by atoms with Crippen LogP contribution in [0, 0.1) is 0 Å². The second-order valence-corrected chi connectivity index (χ2v) is 6.39. The Kier molecular flexibility index (Phi) is 4.71. The van der Waals surface area contributed by atoms with E-state index in [0.29, 0.717) is 32.8 Å². The van der Waals surface area contributed by atoms with Gasteiger partial charge in [-0.2, -0.15) is 0 Å². The molecule has 7 nitrogen and oxygen atoms in total. The number of furan rings is 1. The van der Waals surface area contributed by atoms with Crippen LogP contribution in [0.25, 0.3) is 0 Å². The van der Waals surface area contributed by atoms with E-state index in [-0.39, 0.29) is 6.61 Å². The third-order valence-corrected chi connectivity index (χ3v) is 5.09. The lowest BCUT2D eigenvalue weighted by molar-refractivity contribution is -0.138. The molecule has 1 unspecified atom stereocenters. The van der Waals surface area contributed by atoms with Crippen LogP contribution in [-0.4, -0.2) is 35.7 Å². The lowest BCUT2D eigenvalue weighted by Crippen LogP contribution is -2.35. The van der Waals surface area contributed by atoms with Crippen LogP contribution in [0.1, 0.15) is 32.6 Å². The molecule has 2 aliphatic rings. The molecular weight excluding hydrogens is 344 g/mol. The van der Waals surface area contributed by atoms with Crippen LogP contribution in [0.5, 0.6) is 0 Å². The van der Waals surface area contributed by atoms with E-state index in [2.05, 4.69) is 4.99 Å². The third-order valence-electron chi connectivity index (χ3n) is 3.95. The first-order valence-corrected chi connectivity index (χ1v) is 8.57. The number of thioether (sulfide) groups is 1. The molecule has 0 aliphatic carbocycles. The van der Waals surface area contributed by atoms with Gasteiger partial charge in [-0.3, -0.25) is 0 Å². The Labute approximate surface area is 149 Å². The van der Waals surface area contributed by atoms with Gasteiger partial charge in [-0.25, -0.2) is 14.6 Å². The predicted octanol–water partition coefficient (Wildman–Crippen LogP) is 2.98. The molecule has 0 amide bonds. The van der Waals surface area contributed by atoms with Crippen molar-refractivity contribution in [2.24, 2.45) is 4.99 Å². The summed E-state index contributed by atoms with van der Waals surface area (Å²) < 4.78 is 15.6. The first-order valence-electron chi connectivity index (χ1n) is 7.75. The summed E-state index contributed by atoms with van der Waals surface area (Å²) >= 11 is 1.23. The van der Waals surface area contributed by atoms with Gasteiger partial charge < -0.3 is 18.8 Å². The minimum atomic E-state index is -0.547. The molecule has 0 fully saturated rings. The topological polar surface area (TPSA) is 81.3 Å². The fourth-order valence-corrected chi connectivity index (χ4v) is 3.94. The summed E-state index contributed by atoms with van der Waals surface area (Å²) in [5.41, 5.74) is 1.58. The molecule has 0 aromatic carbocycles. The van der Waals surface area contributed by atoms with Crippen molar-refractivity contribution >= 4 is 28.9 Å². The summed E-state index contributed by atoms with van der Waals surface area (Å²) in [4.78, 5) is 31.4. The number of methoxy groups -OCH3 is 1. The summed E-state index contributed by atoms with van der Waals surface area (Å²) in [6.45, 7) is 5.58. The highest BCUT2D eigenvalue weighted by Crippen LogP contribution is 2.47. The fraction of sp³-hybridized carbons (Fsp3) is 0.353. The Morgan fingerprint density at radius 1 is 1.36 bits per heavy atom. The van der Waals surface area contributed by atoms with Crippen molar-refractivity contribution < 1.29 is 23.5 Å². The maximum Gasteiger partial charge on any atom is 0.346 e. The smallest absolute Gasteiger partial charge is 0.346 e. The fourth-order valence-electron chi connectivity index (χ4n) is 2.85. The van der Waals surface area contributed by atoms with Crippen LogP contribution < -0.4 is 0 Å². The molecule has 0 N–H and O–H groups in total. The van der Waals surface area contributed by atoms with Gasteiger partial charge in [-0.15, -0.1) is 0 Å². The highest BCUT2D eigenvalue weighted by Gasteiger charge is 2.44. The molecular formula is C17H18N2O5S. The van der Waals surface area contributed by atoms with Gasteiger partial charge >= 0.3 is 11.9 Å². The average molecular weight is 362 g/mol. The molecule has 25 heavy (non-hydrogen) atoms. The van der Waals surface area contributed by atoms with Crippen LogP contribution >= 0.6 is 11.8 Å². The molecule has 0 saturated carbocycles.